The standard InChI is InChI=1S/C27H34F3N7O3/c1-4-9-40-23-14-37(19-7-8-36(12-19)25(16(2)31)17(3)38)13-22(23)35-24(39)11-32-26-20-10-18(27(28,29)30)5-6-21(20)33-15-34-26/h4-6,10,15,19,22-23H,1,7-9,11-14,31H2,2-3H3,(H,35,39)(H,32,33,34)/t19?,22?,23-/m0/s1. The van der Waals surface area contributed by atoms with Gasteiger partial charge < -0.3 is 26.0 Å². The number of nitrogens with zero attached hydrogens (tertiary/aromatic N) is 4. The van der Waals surface area contributed by atoms with Crippen molar-refractivity contribution >= 4 is 28.4 Å². The molecule has 10 nitrogen and oxygen atoms in total. The van der Waals surface area contributed by atoms with Gasteiger partial charge in [-0.15, -0.1) is 6.58 Å². The number of alkyl halides is 3. The Hall–Kier alpha value is -3.71. The van der Waals surface area contributed by atoms with Gasteiger partial charge >= 0.3 is 6.18 Å². The molecule has 2 aromatic rings. The van der Waals surface area contributed by atoms with Gasteiger partial charge in [-0.2, -0.15) is 13.2 Å². The molecule has 0 spiro atoms. The number of likely N-dealkylation sites (tertiary alicyclic amines) is 2. The lowest BCUT2D eigenvalue weighted by molar-refractivity contribution is -0.137. The molecule has 13 heteroatoms. The first kappa shape index (κ1) is 29.3. The summed E-state index contributed by atoms with van der Waals surface area (Å²) in [6.45, 7) is 9.51. The van der Waals surface area contributed by atoms with Crippen LogP contribution in [0.2, 0.25) is 0 Å². The van der Waals surface area contributed by atoms with Crippen LogP contribution in [0, 0.1) is 0 Å². The molecule has 3 atom stereocenters. The van der Waals surface area contributed by atoms with Gasteiger partial charge in [0.2, 0.25) is 5.91 Å². The van der Waals surface area contributed by atoms with Gasteiger partial charge in [0.25, 0.3) is 0 Å². The molecular weight excluding hydrogens is 527 g/mol. The van der Waals surface area contributed by atoms with Crippen LogP contribution >= 0.6 is 0 Å². The Kier molecular flexibility index (Phi) is 8.94. The van der Waals surface area contributed by atoms with E-state index in [0.717, 1.165) is 18.6 Å². The number of ether oxygens (including phenoxy) is 1. The Bertz CT molecular complexity index is 1300. The van der Waals surface area contributed by atoms with Crippen molar-refractivity contribution in [2.24, 2.45) is 5.73 Å². The van der Waals surface area contributed by atoms with Crippen molar-refractivity contribution in [1.82, 2.24) is 25.1 Å². The summed E-state index contributed by atoms with van der Waals surface area (Å²) in [5, 5.41) is 6.01. The maximum Gasteiger partial charge on any atom is 0.416 e. The number of hydrogen-bond donors (Lipinski definition) is 3. The molecule has 2 fully saturated rings. The zero-order valence-corrected chi connectivity index (χ0v) is 22.5. The largest absolute Gasteiger partial charge is 0.416 e. The number of halogens is 3. The highest BCUT2D eigenvalue weighted by atomic mass is 19.4. The van der Waals surface area contributed by atoms with Crippen LogP contribution in [0.25, 0.3) is 10.9 Å². The molecule has 3 heterocycles. The van der Waals surface area contributed by atoms with Gasteiger partial charge in [-0.25, -0.2) is 9.97 Å². The van der Waals surface area contributed by atoms with E-state index in [1.807, 2.05) is 4.90 Å². The summed E-state index contributed by atoms with van der Waals surface area (Å²) in [5.41, 5.74) is 6.49. The number of carbonyl (C=O) groups is 2. The molecule has 0 bridgehead atoms. The highest BCUT2D eigenvalue weighted by Gasteiger charge is 2.40. The van der Waals surface area contributed by atoms with E-state index in [-0.39, 0.29) is 47.6 Å². The van der Waals surface area contributed by atoms with Crippen molar-refractivity contribution in [3.05, 3.63) is 54.1 Å². The molecule has 40 heavy (non-hydrogen) atoms. The monoisotopic (exact) mass is 561 g/mol. The third-order valence-electron chi connectivity index (χ3n) is 7.15. The SMILES string of the molecule is C=CCO[C@H]1CN(C2CCN(C(C(C)=O)=C(C)N)C2)CC1NC(=O)CNc1ncnc2ccc(C(F)(F)F)cc12. The number of rotatable bonds is 10. The highest BCUT2D eigenvalue weighted by Crippen LogP contribution is 2.32. The first-order chi connectivity index (χ1) is 19.0. The number of amides is 1. The minimum atomic E-state index is -4.52. The number of benzene rings is 1. The number of hydrogen-bond acceptors (Lipinski definition) is 9. The molecule has 0 saturated carbocycles. The maximum absolute atomic E-state index is 13.2. The van der Waals surface area contributed by atoms with E-state index < -0.39 is 11.7 Å². The van der Waals surface area contributed by atoms with Crippen LogP contribution < -0.4 is 16.4 Å². The quantitative estimate of drug-likeness (QED) is 0.296. The van der Waals surface area contributed by atoms with E-state index in [0.29, 0.717) is 49.7 Å². The predicted octanol–water partition coefficient (Wildman–Crippen LogP) is 2.29. The molecule has 2 aliphatic heterocycles. The molecular formula is C27H34F3N7O3. The number of nitrogens with two attached hydrogens (primary N) is 1. The molecule has 1 aromatic carbocycles. The van der Waals surface area contributed by atoms with Gasteiger partial charge in [0.1, 0.15) is 12.1 Å². The zero-order valence-electron chi connectivity index (χ0n) is 22.5. The fourth-order valence-electron chi connectivity index (χ4n) is 5.39. The van der Waals surface area contributed by atoms with E-state index in [2.05, 4.69) is 32.1 Å². The van der Waals surface area contributed by atoms with Crippen molar-refractivity contribution in [2.75, 3.05) is 44.6 Å². The van der Waals surface area contributed by atoms with Crippen molar-refractivity contribution in [3.63, 3.8) is 0 Å². The molecule has 2 saturated heterocycles. The van der Waals surface area contributed by atoms with Crippen molar-refractivity contribution in [2.45, 2.75) is 44.6 Å². The van der Waals surface area contributed by atoms with Crippen LogP contribution in [0.3, 0.4) is 0 Å². The number of anilines is 1. The molecule has 216 valence electrons. The summed E-state index contributed by atoms with van der Waals surface area (Å²) < 4.78 is 45.6. The second-order valence-electron chi connectivity index (χ2n) is 10.1. The van der Waals surface area contributed by atoms with Gasteiger partial charge in [0.15, 0.2) is 5.78 Å². The molecule has 1 amide bonds. The Morgan fingerprint density at radius 1 is 1.23 bits per heavy atom. The lowest BCUT2D eigenvalue weighted by Gasteiger charge is -2.26. The number of ketones is 1. The number of Topliss-reactive ketones (excluding diaryl/α,β-unsaturated/α-hetero) is 1. The smallest absolute Gasteiger partial charge is 0.400 e. The Morgan fingerprint density at radius 3 is 2.67 bits per heavy atom. The summed E-state index contributed by atoms with van der Waals surface area (Å²) >= 11 is 0. The number of allylic oxidation sites excluding steroid dienone is 2. The van der Waals surface area contributed by atoms with E-state index in [1.165, 1.54) is 19.3 Å². The minimum Gasteiger partial charge on any atom is -0.400 e. The summed E-state index contributed by atoms with van der Waals surface area (Å²) in [6, 6.07) is 3.03. The molecule has 0 radical (unpaired) electrons. The van der Waals surface area contributed by atoms with Crippen LogP contribution in [0.15, 0.2) is 48.6 Å². The lowest BCUT2D eigenvalue weighted by atomic mass is 10.1. The number of carbonyl (C=O) groups excluding carboxylic acids is 2. The van der Waals surface area contributed by atoms with Gasteiger partial charge in [-0.05, 0) is 31.5 Å². The fourth-order valence-corrected chi connectivity index (χ4v) is 5.39. The Balaban J connectivity index is 1.40. The minimum absolute atomic E-state index is 0.0713. The second kappa shape index (κ2) is 12.2. The third kappa shape index (κ3) is 6.70. The molecule has 4 N–H and O–H groups in total. The van der Waals surface area contributed by atoms with Crippen LogP contribution in [-0.4, -0.2) is 89.0 Å². The maximum atomic E-state index is 13.2. The molecule has 1 aromatic heterocycles. The Morgan fingerprint density at radius 2 is 2.00 bits per heavy atom. The highest BCUT2D eigenvalue weighted by molar-refractivity contribution is 5.93. The average molecular weight is 562 g/mol. The number of fused-ring (bicyclic) bond motifs is 1. The zero-order chi connectivity index (χ0) is 29.0. The van der Waals surface area contributed by atoms with E-state index >= 15 is 0 Å². The summed E-state index contributed by atoms with van der Waals surface area (Å²) in [4.78, 5) is 37.3. The van der Waals surface area contributed by atoms with Gasteiger partial charge in [0, 0.05) is 50.2 Å². The van der Waals surface area contributed by atoms with Crippen LogP contribution in [0.1, 0.15) is 25.8 Å². The van der Waals surface area contributed by atoms with Crippen molar-refractivity contribution in [3.8, 4) is 0 Å². The number of aromatic nitrogens is 2. The van der Waals surface area contributed by atoms with Gasteiger partial charge in [0.05, 0.1) is 42.1 Å². The van der Waals surface area contributed by atoms with E-state index in [1.54, 1.807) is 13.0 Å². The van der Waals surface area contributed by atoms with Crippen LogP contribution in [0.4, 0.5) is 19.0 Å². The first-order valence-corrected chi connectivity index (χ1v) is 13.0. The normalized spacial score (nSPS) is 22.3. The summed E-state index contributed by atoms with van der Waals surface area (Å²) in [5.74, 6) is -0.293. The predicted molar refractivity (Wildman–Crippen MR) is 144 cm³/mol. The third-order valence-corrected chi connectivity index (χ3v) is 7.15. The average Bonchev–Trinajstić information content (AvgIpc) is 3.52. The molecule has 4 rings (SSSR count). The van der Waals surface area contributed by atoms with Crippen LogP contribution in [-0.2, 0) is 20.5 Å². The van der Waals surface area contributed by atoms with Crippen molar-refractivity contribution < 1.29 is 27.5 Å². The van der Waals surface area contributed by atoms with E-state index in [4.69, 9.17) is 10.5 Å². The molecule has 0 aliphatic carbocycles. The van der Waals surface area contributed by atoms with Crippen molar-refractivity contribution in [1.29, 1.82) is 0 Å². The second-order valence-corrected chi connectivity index (χ2v) is 10.1. The van der Waals surface area contributed by atoms with Crippen LogP contribution in [0.5, 0.6) is 0 Å². The van der Waals surface area contributed by atoms with Gasteiger partial charge in [-0.1, -0.05) is 6.08 Å². The molecule has 2 aliphatic rings. The van der Waals surface area contributed by atoms with E-state index in [9.17, 15) is 22.8 Å². The Labute approximate surface area is 230 Å². The summed E-state index contributed by atoms with van der Waals surface area (Å²) in [6.07, 6.45) is -1.10. The fraction of sp³-hybridized carbons (Fsp3) is 0.481. The topological polar surface area (TPSA) is 126 Å². The first-order valence-electron chi connectivity index (χ1n) is 13.0. The summed E-state index contributed by atoms with van der Waals surface area (Å²) in [7, 11) is 0. The lowest BCUT2D eigenvalue weighted by Crippen LogP contribution is -2.46. The molecule has 2 unspecified atom stereocenters. The number of nitrogens with one attached hydrogen (secondary N) is 2. The van der Waals surface area contributed by atoms with Gasteiger partial charge in [-0.3, -0.25) is 14.5 Å².